The van der Waals surface area contributed by atoms with E-state index < -0.39 is 11.9 Å². The Morgan fingerprint density at radius 2 is 2.08 bits per heavy atom. The molecule has 0 fully saturated rings. The van der Waals surface area contributed by atoms with Crippen molar-refractivity contribution in [3.63, 3.8) is 0 Å². The van der Waals surface area contributed by atoms with Gasteiger partial charge in [0.05, 0.1) is 17.5 Å². The van der Waals surface area contributed by atoms with Crippen LogP contribution in [0, 0.1) is 13.8 Å². The van der Waals surface area contributed by atoms with Crippen molar-refractivity contribution in [3.05, 3.63) is 57.5 Å². The number of carbonyl (C=O) groups is 2. The lowest BCUT2D eigenvalue weighted by Crippen LogP contribution is -2.08. The van der Waals surface area contributed by atoms with E-state index in [9.17, 15) is 14.7 Å². The zero-order valence-electron chi connectivity index (χ0n) is 14.3. The average molecular weight is 341 g/mol. The molecule has 0 radical (unpaired) electrons. The molecule has 0 amide bonds. The van der Waals surface area contributed by atoms with Crippen molar-refractivity contribution in [2.45, 2.75) is 33.8 Å². The Morgan fingerprint density at radius 1 is 1.36 bits per heavy atom. The van der Waals surface area contributed by atoms with Gasteiger partial charge in [-0.2, -0.15) is 0 Å². The highest BCUT2D eigenvalue weighted by Gasteiger charge is 2.29. The van der Waals surface area contributed by atoms with E-state index in [2.05, 4.69) is 0 Å². The molecule has 130 valence electrons. The maximum atomic E-state index is 11.9. The number of furan rings is 1. The predicted molar refractivity (Wildman–Crippen MR) is 92.5 cm³/mol. The molecule has 0 saturated carbocycles. The molecule has 6 heteroatoms. The second kappa shape index (κ2) is 6.12. The number of carboxylic acids is 1. The number of ether oxygens (including phenoxy) is 1. The first-order chi connectivity index (χ1) is 11.8. The number of hydrogen-bond donors (Lipinski definition) is 2. The summed E-state index contributed by atoms with van der Waals surface area (Å²) in [5.41, 5.74) is 11.6. The molecular weight excluding hydrogens is 322 g/mol. The van der Waals surface area contributed by atoms with E-state index in [0.29, 0.717) is 29.0 Å². The van der Waals surface area contributed by atoms with E-state index in [-0.39, 0.29) is 12.2 Å². The molecule has 0 spiro atoms. The number of carboxylic acid groups (broad SMARTS) is 1. The second-order valence-electron chi connectivity index (χ2n) is 6.13. The molecule has 0 bridgehead atoms. The number of rotatable bonds is 4. The van der Waals surface area contributed by atoms with Crippen molar-refractivity contribution < 1.29 is 23.8 Å². The van der Waals surface area contributed by atoms with Gasteiger partial charge in [0.15, 0.2) is 0 Å². The Hall–Kier alpha value is -3.02. The van der Waals surface area contributed by atoms with Crippen LogP contribution in [0.5, 0.6) is 0 Å². The van der Waals surface area contributed by atoms with Crippen LogP contribution in [-0.4, -0.2) is 17.0 Å². The van der Waals surface area contributed by atoms with Crippen molar-refractivity contribution in [1.82, 2.24) is 0 Å². The molecule has 6 nitrogen and oxygen atoms in total. The molecule has 0 atom stereocenters. The summed E-state index contributed by atoms with van der Waals surface area (Å²) in [6, 6.07) is 1.42. The van der Waals surface area contributed by atoms with E-state index in [1.54, 1.807) is 6.92 Å². The van der Waals surface area contributed by atoms with Gasteiger partial charge in [-0.05, 0) is 55.5 Å². The Kier molecular flexibility index (Phi) is 4.12. The highest BCUT2D eigenvalue weighted by molar-refractivity contribution is 6.00. The molecule has 0 unspecified atom stereocenters. The maximum absolute atomic E-state index is 11.9. The molecule has 1 aliphatic rings. The second-order valence-corrected chi connectivity index (χ2v) is 6.13. The summed E-state index contributed by atoms with van der Waals surface area (Å²) in [6.45, 7) is 5.95. The summed E-state index contributed by atoms with van der Waals surface area (Å²) in [5, 5.41) is 9.19. The van der Waals surface area contributed by atoms with E-state index in [0.717, 1.165) is 22.3 Å². The van der Waals surface area contributed by atoms with Gasteiger partial charge in [0, 0.05) is 5.56 Å². The number of anilines is 1. The van der Waals surface area contributed by atoms with Gasteiger partial charge in [-0.25, -0.2) is 9.59 Å². The molecule has 0 saturated heterocycles. The summed E-state index contributed by atoms with van der Waals surface area (Å²) >= 11 is 0. The van der Waals surface area contributed by atoms with Crippen LogP contribution < -0.4 is 5.73 Å². The SMILES string of the molecule is C/C(=C\Cc1c(C)c(C)c2c(c1N)C(=O)OC2)c1occc1C(=O)O. The van der Waals surface area contributed by atoms with Gasteiger partial charge in [0.2, 0.25) is 0 Å². The van der Waals surface area contributed by atoms with Crippen LogP contribution in [0.25, 0.3) is 5.57 Å². The van der Waals surface area contributed by atoms with Crippen LogP contribution >= 0.6 is 0 Å². The van der Waals surface area contributed by atoms with Crippen molar-refractivity contribution in [2.75, 3.05) is 5.73 Å². The summed E-state index contributed by atoms with van der Waals surface area (Å²) in [5.74, 6) is -1.11. The van der Waals surface area contributed by atoms with Gasteiger partial charge in [-0.1, -0.05) is 6.08 Å². The lowest BCUT2D eigenvalue weighted by atomic mass is 9.90. The van der Waals surface area contributed by atoms with Crippen molar-refractivity contribution in [1.29, 1.82) is 0 Å². The van der Waals surface area contributed by atoms with Gasteiger partial charge in [0.1, 0.15) is 17.9 Å². The van der Waals surface area contributed by atoms with Gasteiger partial charge in [0.25, 0.3) is 0 Å². The van der Waals surface area contributed by atoms with Crippen LogP contribution in [0.4, 0.5) is 5.69 Å². The minimum absolute atomic E-state index is 0.118. The lowest BCUT2D eigenvalue weighted by Gasteiger charge is -2.15. The highest BCUT2D eigenvalue weighted by Crippen LogP contribution is 2.35. The third kappa shape index (κ3) is 2.69. The van der Waals surface area contributed by atoms with E-state index >= 15 is 0 Å². The summed E-state index contributed by atoms with van der Waals surface area (Å²) in [4.78, 5) is 23.2. The number of aromatic carboxylic acids is 1. The number of allylic oxidation sites excluding steroid dienone is 2. The molecule has 3 N–H and O–H groups in total. The van der Waals surface area contributed by atoms with Gasteiger partial charge in [-0.15, -0.1) is 0 Å². The van der Waals surface area contributed by atoms with E-state index in [1.807, 2.05) is 19.9 Å². The molecule has 1 aromatic carbocycles. The first kappa shape index (κ1) is 16.8. The van der Waals surface area contributed by atoms with E-state index in [4.69, 9.17) is 14.9 Å². The highest BCUT2D eigenvalue weighted by atomic mass is 16.5. The summed E-state index contributed by atoms with van der Waals surface area (Å²) < 4.78 is 10.4. The Bertz CT molecular complexity index is 920. The molecule has 3 rings (SSSR count). The Balaban J connectivity index is 2.00. The van der Waals surface area contributed by atoms with Crippen LogP contribution in [0.2, 0.25) is 0 Å². The third-order valence-electron chi connectivity index (χ3n) is 4.78. The minimum atomic E-state index is -1.04. The van der Waals surface area contributed by atoms with Crippen molar-refractivity contribution >= 4 is 23.2 Å². The van der Waals surface area contributed by atoms with Crippen LogP contribution in [0.3, 0.4) is 0 Å². The molecule has 2 heterocycles. The standard InChI is InChI=1S/C19H19NO5/c1-9(17-13(18(21)22)6-7-24-17)4-5-12-10(2)11(3)14-8-25-19(23)15(14)16(12)20/h4,6-7H,5,8,20H2,1-3H3,(H,21,22)/b9-4+. The molecule has 25 heavy (non-hydrogen) atoms. The van der Waals surface area contributed by atoms with Crippen LogP contribution in [0.15, 0.2) is 22.8 Å². The van der Waals surface area contributed by atoms with Crippen LogP contribution in [0.1, 0.15) is 55.7 Å². The fourth-order valence-electron chi connectivity index (χ4n) is 3.17. The lowest BCUT2D eigenvalue weighted by molar-refractivity contribution is 0.0535. The summed E-state index contributed by atoms with van der Waals surface area (Å²) in [6.07, 6.45) is 3.67. The number of hydrogen-bond acceptors (Lipinski definition) is 5. The number of nitrogens with two attached hydrogens (primary N) is 1. The van der Waals surface area contributed by atoms with Gasteiger partial charge in [-0.3, -0.25) is 0 Å². The molecule has 0 aliphatic carbocycles. The van der Waals surface area contributed by atoms with Gasteiger partial charge >= 0.3 is 11.9 Å². The largest absolute Gasteiger partial charge is 0.478 e. The smallest absolute Gasteiger partial charge is 0.341 e. The fourth-order valence-corrected chi connectivity index (χ4v) is 3.17. The number of fused-ring (bicyclic) bond motifs is 1. The maximum Gasteiger partial charge on any atom is 0.341 e. The summed E-state index contributed by atoms with van der Waals surface area (Å²) in [7, 11) is 0. The van der Waals surface area contributed by atoms with Crippen molar-refractivity contribution in [2.24, 2.45) is 0 Å². The minimum Gasteiger partial charge on any atom is -0.478 e. The average Bonchev–Trinajstić information content (AvgIpc) is 3.19. The zero-order chi connectivity index (χ0) is 18.3. The number of carbonyl (C=O) groups excluding carboxylic acids is 1. The number of nitrogen functional groups attached to an aromatic ring is 1. The first-order valence-corrected chi connectivity index (χ1v) is 7.88. The monoisotopic (exact) mass is 341 g/mol. The number of benzene rings is 1. The van der Waals surface area contributed by atoms with Crippen molar-refractivity contribution in [3.8, 4) is 0 Å². The number of esters is 1. The zero-order valence-corrected chi connectivity index (χ0v) is 14.3. The molecule has 2 aromatic rings. The molecule has 1 aliphatic heterocycles. The normalized spacial score (nSPS) is 13.7. The third-order valence-corrected chi connectivity index (χ3v) is 4.78. The number of cyclic esters (lactones) is 1. The quantitative estimate of drug-likeness (QED) is 0.652. The van der Waals surface area contributed by atoms with Gasteiger partial charge < -0.3 is 20.0 Å². The van der Waals surface area contributed by atoms with E-state index in [1.165, 1.54) is 12.3 Å². The topological polar surface area (TPSA) is 103 Å². The molecular formula is C19H19NO5. The predicted octanol–water partition coefficient (Wildman–Crippen LogP) is 3.49. The van der Waals surface area contributed by atoms with Crippen LogP contribution in [-0.2, 0) is 17.8 Å². The fraction of sp³-hybridized carbons (Fsp3) is 0.263. The Labute approximate surface area is 144 Å². The molecule has 1 aromatic heterocycles. The Morgan fingerprint density at radius 3 is 2.76 bits per heavy atom. The first-order valence-electron chi connectivity index (χ1n) is 7.88.